The summed E-state index contributed by atoms with van der Waals surface area (Å²) >= 11 is 0. The zero-order valence-corrected chi connectivity index (χ0v) is 11.9. The average molecular weight is 313 g/mol. The van der Waals surface area contributed by atoms with Crippen molar-refractivity contribution in [3.8, 4) is 17.2 Å². The van der Waals surface area contributed by atoms with Crippen molar-refractivity contribution in [2.75, 3.05) is 12.4 Å². The standard InChI is InChI=1S/C7H9NO4S.C6H6O2/c1-8-6-4-2-3-5-7(6)12-13(9,10)11;7-5-1-2-6(8)4-3-5/h2-5,8H,1H3,(H,9,10,11);1-4,7-8H. The maximum atomic E-state index is 10.4. The van der Waals surface area contributed by atoms with Crippen LogP contribution in [-0.2, 0) is 10.4 Å². The molecular weight excluding hydrogens is 298 g/mol. The molecule has 0 unspecified atom stereocenters. The van der Waals surface area contributed by atoms with E-state index in [1.54, 1.807) is 25.2 Å². The SMILES string of the molecule is CNc1ccccc1OS(=O)(=O)O.Oc1ccc(O)cc1. The van der Waals surface area contributed by atoms with Crippen LogP contribution in [0.5, 0.6) is 17.2 Å². The summed E-state index contributed by atoms with van der Waals surface area (Å²) in [6, 6.07) is 12.1. The Bertz CT molecular complexity index is 648. The highest BCUT2D eigenvalue weighted by Crippen LogP contribution is 2.23. The van der Waals surface area contributed by atoms with Gasteiger partial charge in [-0.25, -0.2) is 0 Å². The van der Waals surface area contributed by atoms with Gasteiger partial charge in [-0.1, -0.05) is 12.1 Å². The van der Waals surface area contributed by atoms with Gasteiger partial charge in [-0.2, -0.15) is 8.42 Å². The molecule has 0 radical (unpaired) electrons. The van der Waals surface area contributed by atoms with Crippen LogP contribution in [0, 0.1) is 0 Å². The van der Waals surface area contributed by atoms with E-state index in [9.17, 15) is 8.42 Å². The summed E-state index contributed by atoms with van der Waals surface area (Å²) in [4.78, 5) is 0. The van der Waals surface area contributed by atoms with E-state index in [-0.39, 0.29) is 17.2 Å². The summed E-state index contributed by atoms with van der Waals surface area (Å²) in [5.41, 5.74) is 0.486. The third-order valence-electron chi connectivity index (χ3n) is 2.20. The fourth-order valence-electron chi connectivity index (χ4n) is 1.31. The number of hydrogen-bond donors (Lipinski definition) is 4. The lowest BCUT2D eigenvalue weighted by molar-refractivity contribution is 0.387. The van der Waals surface area contributed by atoms with Crippen LogP contribution in [0.15, 0.2) is 48.5 Å². The lowest BCUT2D eigenvalue weighted by Crippen LogP contribution is -2.08. The Balaban J connectivity index is 0.000000235. The summed E-state index contributed by atoms with van der Waals surface area (Å²) in [7, 11) is -2.83. The largest absolute Gasteiger partial charge is 0.508 e. The summed E-state index contributed by atoms with van der Waals surface area (Å²) < 4.78 is 33.5. The molecule has 0 aliphatic carbocycles. The van der Waals surface area contributed by atoms with Crippen molar-refractivity contribution >= 4 is 16.1 Å². The molecule has 0 aliphatic rings. The Morgan fingerprint density at radius 1 is 0.952 bits per heavy atom. The lowest BCUT2D eigenvalue weighted by Gasteiger charge is -2.06. The molecular formula is C13H15NO6S. The maximum absolute atomic E-state index is 10.4. The van der Waals surface area contributed by atoms with Gasteiger partial charge in [0.2, 0.25) is 0 Å². The van der Waals surface area contributed by atoms with E-state index in [4.69, 9.17) is 14.8 Å². The molecule has 0 amide bonds. The van der Waals surface area contributed by atoms with Gasteiger partial charge < -0.3 is 19.7 Å². The number of anilines is 1. The molecule has 0 aliphatic heterocycles. The number of benzene rings is 2. The molecule has 0 bridgehead atoms. The lowest BCUT2D eigenvalue weighted by atomic mass is 10.3. The third-order valence-corrected chi connectivity index (χ3v) is 2.59. The van der Waals surface area contributed by atoms with Gasteiger partial charge in [0.05, 0.1) is 5.69 Å². The highest BCUT2D eigenvalue weighted by Gasteiger charge is 2.09. The van der Waals surface area contributed by atoms with Gasteiger partial charge in [0, 0.05) is 7.05 Å². The molecule has 0 saturated heterocycles. The quantitative estimate of drug-likeness (QED) is 0.506. The van der Waals surface area contributed by atoms with E-state index in [0.29, 0.717) is 5.69 Å². The van der Waals surface area contributed by atoms with Gasteiger partial charge in [-0.3, -0.25) is 4.55 Å². The van der Waals surface area contributed by atoms with Crippen molar-refractivity contribution in [2.24, 2.45) is 0 Å². The van der Waals surface area contributed by atoms with Crippen LogP contribution in [-0.4, -0.2) is 30.2 Å². The monoisotopic (exact) mass is 313 g/mol. The first-order valence-electron chi connectivity index (χ1n) is 5.73. The predicted molar refractivity (Wildman–Crippen MR) is 77.9 cm³/mol. The molecule has 0 fully saturated rings. The molecule has 7 nitrogen and oxygen atoms in total. The molecule has 8 heteroatoms. The summed E-state index contributed by atoms with van der Waals surface area (Å²) in [6.45, 7) is 0. The minimum Gasteiger partial charge on any atom is -0.508 e. The van der Waals surface area contributed by atoms with Crippen LogP contribution in [0.1, 0.15) is 0 Å². The van der Waals surface area contributed by atoms with E-state index < -0.39 is 10.4 Å². The van der Waals surface area contributed by atoms with Crippen LogP contribution in [0.3, 0.4) is 0 Å². The fourth-order valence-corrected chi connectivity index (χ4v) is 1.68. The van der Waals surface area contributed by atoms with E-state index in [1.165, 1.54) is 30.3 Å². The van der Waals surface area contributed by atoms with Gasteiger partial charge >= 0.3 is 10.4 Å². The minimum absolute atomic E-state index is 0.0625. The molecule has 0 atom stereocenters. The van der Waals surface area contributed by atoms with Crippen molar-refractivity contribution in [3.63, 3.8) is 0 Å². The molecule has 0 saturated carbocycles. The van der Waals surface area contributed by atoms with E-state index in [2.05, 4.69) is 9.50 Å². The Hall–Kier alpha value is -2.45. The minimum atomic E-state index is -4.45. The molecule has 0 aromatic heterocycles. The van der Waals surface area contributed by atoms with Crippen molar-refractivity contribution in [1.29, 1.82) is 0 Å². The van der Waals surface area contributed by atoms with Crippen molar-refractivity contribution in [1.82, 2.24) is 0 Å². The highest BCUT2D eigenvalue weighted by molar-refractivity contribution is 7.81. The molecule has 114 valence electrons. The number of rotatable bonds is 3. The summed E-state index contributed by atoms with van der Waals surface area (Å²) in [5, 5.41) is 20.0. The molecule has 4 N–H and O–H groups in total. The van der Waals surface area contributed by atoms with E-state index in [1.807, 2.05) is 0 Å². The molecule has 2 aromatic rings. The van der Waals surface area contributed by atoms with Gasteiger partial charge in [0.1, 0.15) is 11.5 Å². The van der Waals surface area contributed by atoms with Crippen LogP contribution < -0.4 is 9.50 Å². The van der Waals surface area contributed by atoms with Crippen LogP contribution in [0.2, 0.25) is 0 Å². The van der Waals surface area contributed by atoms with Crippen molar-refractivity contribution < 1.29 is 27.4 Å². The number of nitrogens with one attached hydrogen (secondary N) is 1. The van der Waals surface area contributed by atoms with Crippen molar-refractivity contribution in [3.05, 3.63) is 48.5 Å². The Kier molecular flexibility index (Phi) is 5.82. The van der Waals surface area contributed by atoms with E-state index in [0.717, 1.165) is 0 Å². The van der Waals surface area contributed by atoms with E-state index >= 15 is 0 Å². The highest BCUT2D eigenvalue weighted by atomic mass is 32.3. The zero-order valence-electron chi connectivity index (χ0n) is 11.1. The van der Waals surface area contributed by atoms with Gasteiger partial charge in [0.25, 0.3) is 0 Å². The first-order chi connectivity index (χ1) is 9.81. The second kappa shape index (κ2) is 7.36. The van der Waals surface area contributed by atoms with Crippen LogP contribution in [0.4, 0.5) is 5.69 Å². The Morgan fingerprint density at radius 2 is 1.43 bits per heavy atom. The second-order valence-electron chi connectivity index (χ2n) is 3.77. The summed E-state index contributed by atoms with van der Waals surface area (Å²) in [6.07, 6.45) is 0. The molecule has 0 heterocycles. The number of phenolic OH excluding ortho intramolecular Hbond substituents is 2. The predicted octanol–water partition coefficient (Wildman–Crippen LogP) is 2.01. The number of aromatic hydroxyl groups is 2. The maximum Gasteiger partial charge on any atom is 0.446 e. The average Bonchev–Trinajstić information content (AvgIpc) is 2.42. The van der Waals surface area contributed by atoms with Crippen molar-refractivity contribution in [2.45, 2.75) is 0 Å². The van der Waals surface area contributed by atoms with Gasteiger partial charge in [-0.15, -0.1) is 0 Å². The molecule has 2 aromatic carbocycles. The zero-order chi connectivity index (χ0) is 15.9. The first-order valence-corrected chi connectivity index (χ1v) is 7.10. The van der Waals surface area contributed by atoms with Gasteiger partial charge in [-0.05, 0) is 36.4 Å². The second-order valence-corrected chi connectivity index (χ2v) is 4.80. The third kappa shape index (κ3) is 6.50. The molecule has 21 heavy (non-hydrogen) atoms. The normalized spacial score (nSPS) is 10.2. The first kappa shape index (κ1) is 16.6. The van der Waals surface area contributed by atoms with Crippen LogP contribution >= 0.6 is 0 Å². The number of phenols is 2. The van der Waals surface area contributed by atoms with Gasteiger partial charge in [0.15, 0.2) is 5.75 Å². The van der Waals surface area contributed by atoms with Crippen LogP contribution in [0.25, 0.3) is 0 Å². The smallest absolute Gasteiger partial charge is 0.446 e. The molecule has 2 rings (SSSR count). The summed E-state index contributed by atoms with van der Waals surface area (Å²) in [5.74, 6) is 0.401. The number of para-hydroxylation sites is 2. The molecule has 0 spiro atoms. The Labute approximate surface area is 122 Å². The Morgan fingerprint density at radius 3 is 1.86 bits per heavy atom. The topological polar surface area (TPSA) is 116 Å². The fraction of sp³-hybridized carbons (Fsp3) is 0.0769. The number of hydrogen-bond acceptors (Lipinski definition) is 6.